The number of aromatic nitrogens is 2. The molecule has 1 aromatic heterocycles. The fourth-order valence-corrected chi connectivity index (χ4v) is 4.06. The van der Waals surface area contributed by atoms with Crippen LogP contribution in [0.2, 0.25) is 5.28 Å². The molecule has 0 radical (unpaired) electrons. The van der Waals surface area contributed by atoms with Gasteiger partial charge >= 0.3 is 0 Å². The van der Waals surface area contributed by atoms with E-state index in [1.807, 2.05) is 12.1 Å². The Balaban J connectivity index is 1.91. The van der Waals surface area contributed by atoms with E-state index in [1.54, 1.807) is 26.5 Å². The maximum absolute atomic E-state index is 14.1. The van der Waals surface area contributed by atoms with Crippen LogP contribution in [-0.4, -0.2) is 42.2 Å². The maximum Gasteiger partial charge on any atom is 0.222 e. The summed E-state index contributed by atoms with van der Waals surface area (Å²) in [5.41, 5.74) is 2.15. The first kappa shape index (κ1) is 20.1. The van der Waals surface area contributed by atoms with Crippen LogP contribution in [0, 0.1) is 5.82 Å². The van der Waals surface area contributed by atoms with E-state index in [-0.39, 0.29) is 16.5 Å². The molecule has 0 amide bonds. The zero-order valence-corrected chi connectivity index (χ0v) is 16.7. The molecule has 2 aromatic rings. The number of likely N-dealkylation sites (tertiary alicyclic amines) is 1. The molecule has 1 aliphatic heterocycles. The van der Waals surface area contributed by atoms with Crippen molar-refractivity contribution < 1.29 is 13.9 Å². The third-order valence-electron chi connectivity index (χ3n) is 5.43. The molecule has 27 heavy (non-hydrogen) atoms. The van der Waals surface area contributed by atoms with Crippen molar-refractivity contribution in [1.29, 1.82) is 0 Å². The average molecular weight is 394 g/mol. The highest BCUT2D eigenvalue weighted by Gasteiger charge is 2.42. The number of halogens is 2. The lowest BCUT2D eigenvalue weighted by molar-refractivity contribution is -0.107. The molecule has 0 bridgehead atoms. The molecule has 0 saturated carbocycles. The van der Waals surface area contributed by atoms with Crippen molar-refractivity contribution in [3.8, 4) is 0 Å². The van der Waals surface area contributed by atoms with Crippen LogP contribution in [0.4, 0.5) is 4.39 Å². The van der Waals surface area contributed by atoms with Gasteiger partial charge in [-0.25, -0.2) is 14.4 Å². The largest absolute Gasteiger partial charge is 0.352 e. The molecule has 146 valence electrons. The second kappa shape index (κ2) is 8.61. The standard InChI is InChI=1S/C20H25ClFN3O2/c1-4-20(17-15(18(26-2)27-3)11-23-19(21)24-17)9-10-25(13-20)12-14-7-5-6-8-16(14)22/h5-8,11,18H,4,9-10,12-13H2,1-3H3. The molecule has 1 saturated heterocycles. The Hall–Kier alpha value is -1.60. The first-order valence-electron chi connectivity index (χ1n) is 9.07. The third-order valence-corrected chi connectivity index (χ3v) is 5.62. The molecule has 3 rings (SSSR count). The van der Waals surface area contributed by atoms with E-state index < -0.39 is 6.29 Å². The topological polar surface area (TPSA) is 47.5 Å². The van der Waals surface area contributed by atoms with E-state index in [0.29, 0.717) is 12.1 Å². The minimum atomic E-state index is -0.554. The minimum absolute atomic E-state index is 0.170. The Labute approximate surface area is 164 Å². The summed E-state index contributed by atoms with van der Waals surface area (Å²) in [6, 6.07) is 6.91. The SMILES string of the molecule is CCC1(c2nc(Cl)ncc2C(OC)OC)CCN(Cc2ccccc2F)C1. The van der Waals surface area contributed by atoms with Crippen LogP contribution >= 0.6 is 11.6 Å². The summed E-state index contributed by atoms with van der Waals surface area (Å²) in [4.78, 5) is 11.0. The van der Waals surface area contributed by atoms with Gasteiger partial charge in [-0.2, -0.15) is 0 Å². The highest BCUT2D eigenvalue weighted by Crippen LogP contribution is 2.41. The molecular formula is C20H25ClFN3O2. The zero-order chi connectivity index (χ0) is 19.4. The summed E-state index contributed by atoms with van der Waals surface area (Å²) >= 11 is 6.13. The smallest absolute Gasteiger partial charge is 0.222 e. The van der Waals surface area contributed by atoms with E-state index in [0.717, 1.165) is 37.2 Å². The van der Waals surface area contributed by atoms with Crippen LogP contribution < -0.4 is 0 Å². The van der Waals surface area contributed by atoms with Crippen LogP contribution in [0.1, 0.15) is 42.9 Å². The second-order valence-corrected chi connectivity index (χ2v) is 7.27. The van der Waals surface area contributed by atoms with E-state index in [4.69, 9.17) is 21.1 Å². The molecule has 1 fully saturated rings. The van der Waals surface area contributed by atoms with Gasteiger partial charge in [-0.1, -0.05) is 25.1 Å². The predicted molar refractivity (Wildman–Crippen MR) is 102 cm³/mol. The van der Waals surface area contributed by atoms with E-state index in [2.05, 4.69) is 21.8 Å². The Morgan fingerprint density at radius 1 is 1.30 bits per heavy atom. The summed E-state index contributed by atoms with van der Waals surface area (Å²) < 4.78 is 24.9. The lowest BCUT2D eigenvalue weighted by Crippen LogP contribution is -2.33. The molecule has 2 heterocycles. The molecule has 0 spiro atoms. The Kier molecular flexibility index (Phi) is 6.42. The molecule has 0 aliphatic carbocycles. The fourth-order valence-electron chi connectivity index (χ4n) is 3.93. The summed E-state index contributed by atoms with van der Waals surface area (Å²) in [6.07, 6.45) is 2.90. The van der Waals surface area contributed by atoms with Crippen molar-refractivity contribution >= 4 is 11.6 Å². The molecule has 5 nitrogen and oxygen atoms in total. The number of hydrogen-bond donors (Lipinski definition) is 0. The minimum Gasteiger partial charge on any atom is -0.352 e. The third kappa shape index (κ3) is 4.14. The number of methoxy groups -OCH3 is 2. The van der Waals surface area contributed by atoms with E-state index >= 15 is 0 Å². The van der Waals surface area contributed by atoms with Gasteiger partial charge < -0.3 is 9.47 Å². The van der Waals surface area contributed by atoms with Crippen LogP contribution in [0.25, 0.3) is 0 Å². The van der Waals surface area contributed by atoms with Gasteiger partial charge in [-0.3, -0.25) is 4.90 Å². The van der Waals surface area contributed by atoms with Gasteiger partial charge in [-0.05, 0) is 37.1 Å². The van der Waals surface area contributed by atoms with Crippen LogP contribution in [-0.2, 0) is 21.4 Å². The van der Waals surface area contributed by atoms with Crippen LogP contribution in [0.15, 0.2) is 30.5 Å². The average Bonchev–Trinajstić information content (AvgIpc) is 3.10. The van der Waals surface area contributed by atoms with Gasteiger partial charge in [-0.15, -0.1) is 0 Å². The summed E-state index contributed by atoms with van der Waals surface area (Å²) in [5.74, 6) is -0.170. The zero-order valence-electron chi connectivity index (χ0n) is 15.9. The van der Waals surface area contributed by atoms with Crippen molar-refractivity contribution in [3.63, 3.8) is 0 Å². The lowest BCUT2D eigenvalue weighted by Gasteiger charge is -2.31. The molecule has 1 aliphatic rings. The van der Waals surface area contributed by atoms with Crippen LogP contribution in [0.3, 0.4) is 0 Å². The van der Waals surface area contributed by atoms with Gasteiger partial charge in [0.15, 0.2) is 6.29 Å². The number of ether oxygens (including phenoxy) is 2. The summed E-state index contributed by atoms with van der Waals surface area (Å²) in [5, 5.41) is 0.208. The first-order chi connectivity index (χ1) is 13.0. The molecule has 1 atom stereocenters. The number of nitrogens with zero attached hydrogens (tertiary/aromatic N) is 3. The van der Waals surface area contributed by atoms with Crippen LogP contribution in [0.5, 0.6) is 0 Å². The number of rotatable bonds is 7. The number of benzene rings is 1. The first-order valence-corrected chi connectivity index (χ1v) is 9.45. The monoisotopic (exact) mass is 393 g/mol. The molecule has 1 aromatic carbocycles. The molecule has 0 N–H and O–H groups in total. The Morgan fingerprint density at radius 2 is 2.04 bits per heavy atom. The Morgan fingerprint density at radius 3 is 2.70 bits per heavy atom. The van der Waals surface area contributed by atoms with Gasteiger partial charge in [0.1, 0.15) is 5.82 Å². The van der Waals surface area contributed by atoms with E-state index in [9.17, 15) is 4.39 Å². The van der Waals surface area contributed by atoms with Crippen molar-refractivity contribution in [1.82, 2.24) is 14.9 Å². The number of hydrogen-bond acceptors (Lipinski definition) is 5. The molecule has 1 unspecified atom stereocenters. The van der Waals surface area contributed by atoms with Gasteiger partial charge in [0.05, 0.1) is 5.69 Å². The summed E-state index contributed by atoms with van der Waals surface area (Å²) in [6.45, 7) is 4.33. The van der Waals surface area contributed by atoms with Crippen molar-refractivity contribution in [2.45, 2.75) is 38.0 Å². The van der Waals surface area contributed by atoms with Crippen molar-refractivity contribution in [2.75, 3.05) is 27.3 Å². The highest BCUT2D eigenvalue weighted by atomic mass is 35.5. The van der Waals surface area contributed by atoms with E-state index in [1.165, 1.54) is 6.07 Å². The van der Waals surface area contributed by atoms with Crippen molar-refractivity contribution in [3.05, 3.63) is 58.4 Å². The Bertz CT molecular complexity index is 788. The predicted octanol–water partition coefficient (Wildman–Crippen LogP) is 4.11. The maximum atomic E-state index is 14.1. The fraction of sp³-hybridized carbons (Fsp3) is 0.500. The highest BCUT2D eigenvalue weighted by molar-refractivity contribution is 6.28. The molecule has 7 heteroatoms. The van der Waals surface area contributed by atoms with Gasteiger partial charge in [0.2, 0.25) is 5.28 Å². The second-order valence-electron chi connectivity index (χ2n) is 6.93. The van der Waals surface area contributed by atoms with Crippen molar-refractivity contribution in [2.24, 2.45) is 0 Å². The summed E-state index contributed by atoms with van der Waals surface area (Å²) in [7, 11) is 3.18. The lowest BCUT2D eigenvalue weighted by atomic mass is 9.78. The van der Waals surface area contributed by atoms with Gasteiger partial charge in [0, 0.05) is 50.0 Å². The van der Waals surface area contributed by atoms with Gasteiger partial charge in [0.25, 0.3) is 0 Å². The normalized spacial score (nSPS) is 20.5. The molecular weight excluding hydrogens is 369 g/mol. The quantitative estimate of drug-likeness (QED) is 0.523.